The van der Waals surface area contributed by atoms with Crippen molar-refractivity contribution in [2.24, 2.45) is 5.92 Å². The van der Waals surface area contributed by atoms with Gasteiger partial charge in [0, 0.05) is 6.61 Å². The van der Waals surface area contributed by atoms with E-state index < -0.39 is 0 Å². The predicted octanol–water partition coefficient (Wildman–Crippen LogP) is 5.07. The highest BCUT2D eigenvalue weighted by Crippen LogP contribution is 2.17. The lowest BCUT2D eigenvalue weighted by Crippen LogP contribution is -2.12. The second-order valence-corrected chi connectivity index (χ2v) is 5.74. The minimum Gasteiger partial charge on any atom is -0.377 e. The molecule has 1 nitrogen and oxygen atoms in total. The van der Waals surface area contributed by atoms with Crippen molar-refractivity contribution in [3.63, 3.8) is 0 Å². The Morgan fingerprint density at radius 2 is 1.32 bits per heavy atom. The first-order chi connectivity index (χ1) is 10.9. The van der Waals surface area contributed by atoms with E-state index in [0.717, 1.165) is 19.4 Å². The van der Waals surface area contributed by atoms with Crippen LogP contribution >= 0.6 is 0 Å². The third-order valence-corrected chi connectivity index (χ3v) is 3.96. The predicted molar refractivity (Wildman–Crippen MR) is 94.0 cm³/mol. The second kappa shape index (κ2) is 9.97. The molecule has 2 aromatic rings. The van der Waals surface area contributed by atoms with Crippen LogP contribution in [0.3, 0.4) is 0 Å². The van der Waals surface area contributed by atoms with Crippen molar-refractivity contribution in [2.75, 3.05) is 13.2 Å². The fraction of sp³-hybridized carbons (Fsp3) is 0.333. The van der Waals surface area contributed by atoms with E-state index in [1.807, 2.05) is 6.08 Å². The topological polar surface area (TPSA) is 9.23 Å². The van der Waals surface area contributed by atoms with Gasteiger partial charge < -0.3 is 4.74 Å². The summed E-state index contributed by atoms with van der Waals surface area (Å²) in [7, 11) is 0. The molecule has 2 rings (SSSR count). The summed E-state index contributed by atoms with van der Waals surface area (Å²) in [6, 6.07) is 21.4. The molecule has 0 aliphatic rings. The first-order valence-corrected chi connectivity index (χ1v) is 8.15. The largest absolute Gasteiger partial charge is 0.377 e. The third-order valence-electron chi connectivity index (χ3n) is 3.96. The monoisotopic (exact) mass is 294 g/mol. The van der Waals surface area contributed by atoms with Crippen LogP contribution in [0.2, 0.25) is 0 Å². The summed E-state index contributed by atoms with van der Waals surface area (Å²) in [6.45, 7) is 5.19. The smallest absolute Gasteiger partial charge is 0.0644 e. The molecule has 0 bridgehead atoms. The molecule has 0 aliphatic carbocycles. The minimum absolute atomic E-state index is 0.598. The van der Waals surface area contributed by atoms with E-state index in [2.05, 4.69) is 67.2 Å². The summed E-state index contributed by atoms with van der Waals surface area (Å²) in [5.74, 6) is 0.598. The molecular weight excluding hydrogens is 268 g/mol. The second-order valence-electron chi connectivity index (χ2n) is 5.74. The molecule has 0 aromatic heterocycles. The van der Waals surface area contributed by atoms with Gasteiger partial charge in [-0.15, -0.1) is 6.58 Å². The van der Waals surface area contributed by atoms with Gasteiger partial charge in [-0.1, -0.05) is 66.7 Å². The maximum atomic E-state index is 5.70. The van der Waals surface area contributed by atoms with Gasteiger partial charge in [-0.3, -0.25) is 0 Å². The summed E-state index contributed by atoms with van der Waals surface area (Å²) < 4.78 is 5.70. The molecule has 0 amide bonds. The van der Waals surface area contributed by atoms with Crippen LogP contribution in [0.15, 0.2) is 73.3 Å². The van der Waals surface area contributed by atoms with Crippen molar-refractivity contribution < 1.29 is 4.74 Å². The van der Waals surface area contributed by atoms with E-state index in [1.54, 1.807) is 0 Å². The van der Waals surface area contributed by atoms with E-state index in [4.69, 9.17) is 4.74 Å². The summed E-state index contributed by atoms with van der Waals surface area (Å²) in [5.41, 5.74) is 2.83. The van der Waals surface area contributed by atoms with Crippen molar-refractivity contribution in [2.45, 2.75) is 25.7 Å². The van der Waals surface area contributed by atoms with Crippen LogP contribution < -0.4 is 0 Å². The normalized spacial score (nSPS) is 10.8. The highest BCUT2D eigenvalue weighted by Gasteiger charge is 2.10. The summed E-state index contributed by atoms with van der Waals surface area (Å²) in [6.07, 6.45) is 6.42. The Kier molecular flexibility index (Phi) is 7.48. The third kappa shape index (κ3) is 6.28. The van der Waals surface area contributed by atoms with E-state index >= 15 is 0 Å². The number of hydrogen-bond donors (Lipinski definition) is 0. The fourth-order valence-corrected chi connectivity index (χ4v) is 2.66. The van der Waals surface area contributed by atoms with Crippen molar-refractivity contribution in [3.05, 3.63) is 84.4 Å². The van der Waals surface area contributed by atoms with Gasteiger partial charge in [-0.2, -0.15) is 0 Å². The molecule has 0 unspecified atom stereocenters. The molecule has 0 radical (unpaired) electrons. The highest BCUT2D eigenvalue weighted by molar-refractivity contribution is 5.15. The van der Waals surface area contributed by atoms with Crippen LogP contribution in [-0.4, -0.2) is 13.2 Å². The maximum Gasteiger partial charge on any atom is 0.0644 e. The quantitative estimate of drug-likeness (QED) is 0.439. The average Bonchev–Trinajstić information content (AvgIpc) is 2.59. The van der Waals surface area contributed by atoms with E-state index in [-0.39, 0.29) is 0 Å². The van der Waals surface area contributed by atoms with Crippen LogP contribution in [0.1, 0.15) is 24.0 Å². The zero-order valence-corrected chi connectivity index (χ0v) is 13.3. The highest BCUT2D eigenvalue weighted by atomic mass is 16.5. The van der Waals surface area contributed by atoms with Gasteiger partial charge in [0.15, 0.2) is 0 Å². The number of hydrogen-bond acceptors (Lipinski definition) is 1. The Balaban J connectivity index is 1.83. The van der Waals surface area contributed by atoms with Crippen LogP contribution in [0, 0.1) is 5.92 Å². The first kappa shape index (κ1) is 16.5. The van der Waals surface area contributed by atoms with Crippen molar-refractivity contribution in [3.8, 4) is 0 Å². The van der Waals surface area contributed by atoms with Crippen molar-refractivity contribution >= 4 is 0 Å². The molecule has 0 saturated carbocycles. The van der Waals surface area contributed by atoms with Gasteiger partial charge in [0.05, 0.1) is 6.61 Å². The Hall–Kier alpha value is -1.86. The Morgan fingerprint density at radius 1 is 0.818 bits per heavy atom. The van der Waals surface area contributed by atoms with Gasteiger partial charge in [0.2, 0.25) is 0 Å². The lowest BCUT2D eigenvalue weighted by atomic mass is 9.94. The molecule has 0 atom stereocenters. The fourth-order valence-electron chi connectivity index (χ4n) is 2.66. The lowest BCUT2D eigenvalue weighted by Gasteiger charge is -2.17. The molecule has 0 N–H and O–H groups in total. The van der Waals surface area contributed by atoms with Gasteiger partial charge in [0.1, 0.15) is 0 Å². The van der Waals surface area contributed by atoms with Gasteiger partial charge >= 0.3 is 0 Å². The summed E-state index contributed by atoms with van der Waals surface area (Å²) in [5, 5.41) is 0. The molecule has 0 heterocycles. The maximum absolute atomic E-state index is 5.70. The molecular formula is C21H26O. The van der Waals surface area contributed by atoms with Crippen molar-refractivity contribution in [1.29, 1.82) is 0 Å². The standard InChI is InChI=1S/C21H26O/c1-2-17-22-18-21(15-13-19-9-5-3-6-10-19)16-14-20-11-7-4-8-12-20/h2-12,21H,1,13-18H2. The number of benzene rings is 2. The van der Waals surface area contributed by atoms with E-state index in [9.17, 15) is 0 Å². The van der Waals surface area contributed by atoms with Gasteiger partial charge in [0.25, 0.3) is 0 Å². The lowest BCUT2D eigenvalue weighted by molar-refractivity contribution is 0.115. The summed E-state index contributed by atoms with van der Waals surface area (Å²) in [4.78, 5) is 0. The zero-order chi connectivity index (χ0) is 15.5. The van der Waals surface area contributed by atoms with Crippen LogP contribution in [-0.2, 0) is 17.6 Å². The SMILES string of the molecule is C=CCOCC(CCc1ccccc1)CCc1ccccc1. The number of ether oxygens (including phenoxy) is 1. The average molecular weight is 294 g/mol. The van der Waals surface area contributed by atoms with Crippen molar-refractivity contribution in [1.82, 2.24) is 0 Å². The Morgan fingerprint density at radius 3 is 1.77 bits per heavy atom. The number of aryl methyl sites for hydroxylation is 2. The molecule has 0 fully saturated rings. The van der Waals surface area contributed by atoms with E-state index in [0.29, 0.717) is 12.5 Å². The molecule has 0 spiro atoms. The molecule has 116 valence electrons. The van der Waals surface area contributed by atoms with E-state index in [1.165, 1.54) is 24.0 Å². The molecule has 1 heteroatoms. The summed E-state index contributed by atoms with van der Waals surface area (Å²) >= 11 is 0. The van der Waals surface area contributed by atoms with Crippen LogP contribution in [0.25, 0.3) is 0 Å². The Bertz CT molecular complexity index is 475. The first-order valence-electron chi connectivity index (χ1n) is 8.15. The van der Waals surface area contributed by atoms with Gasteiger partial charge in [-0.25, -0.2) is 0 Å². The molecule has 0 saturated heterocycles. The zero-order valence-electron chi connectivity index (χ0n) is 13.3. The minimum atomic E-state index is 0.598. The molecule has 22 heavy (non-hydrogen) atoms. The Labute approximate surface area is 134 Å². The molecule has 2 aromatic carbocycles. The van der Waals surface area contributed by atoms with Crippen LogP contribution in [0.4, 0.5) is 0 Å². The number of rotatable bonds is 10. The molecule has 0 aliphatic heterocycles. The van der Waals surface area contributed by atoms with Gasteiger partial charge in [-0.05, 0) is 42.7 Å². The van der Waals surface area contributed by atoms with Crippen LogP contribution in [0.5, 0.6) is 0 Å².